The molecule has 4 rings (SSSR count). The SMILES string of the molecule is CS(=O)(=O)Cc1cc(N2CCOCC2)nc(-c2ccc(NC(=O)Nc3cccs3)cc2)n1. The van der Waals surface area contributed by atoms with Crippen molar-refractivity contribution in [3.63, 3.8) is 0 Å². The second-order valence-corrected chi connectivity index (χ2v) is 10.4. The molecule has 0 atom stereocenters. The van der Waals surface area contributed by atoms with Gasteiger partial charge in [-0.3, -0.25) is 5.32 Å². The second kappa shape index (κ2) is 9.63. The van der Waals surface area contributed by atoms with Gasteiger partial charge in [0, 0.05) is 36.7 Å². The van der Waals surface area contributed by atoms with Crippen LogP contribution in [0.15, 0.2) is 47.8 Å². The molecule has 2 amide bonds. The van der Waals surface area contributed by atoms with Gasteiger partial charge in [-0.05, 0) is 41.8 Å². The van der Waals surface area contributed by atoms with Crippen molar-refractivity contribution in [2.24, 2.45) is 0 Å². The summed E-state index contributed by atoms with van der Waals surface area (Å²) in [5.74, 6) is 0.944. The third-order valence-corrected chi connectivity index (χ3v) is 6.28. The number of aromatic nitrogens is 2. The molecule has 0 unspecified atom stereocenters. The normalized spacial score (nSPS) is 14.2. The van der Waals surface area contributed by atoms with Crippen molar-refractivity contribution in [2.45, 2.75) is 5.75 Å². The molecule has 0 radical (unpaired) electrons. The van der Waals surface area contributed by atoms with Crippen LogP contribution < -0.4 is 15.5 Å². The highest BCUT2D eigenvalue weighted by Gasteiger charge is 2.17. The van der Waals surface area contributed by atoms with Gasteiger partial charge in [-0.2, -0.15) is 0 Å². The number of nitrogens with zero attached hydrogens (tertiary/aromatic N) is 3. The predicted molar refractivity (Wildman–Crippen MR) is 126 cm³/mol. The molecular weight excluding hydrogens is 450 g/mol. The Morgan fingerprint density at radius 3 is 2.53 bits per heavy atom. The molecule has 1 fully saturated rings. The third kappa shape index (κ3) is 6.02. The highest BCUT2D eigenvalue weighted by molar-refractivity contribution is 7.89. The maximum Gasteiger partial charge on any atom is 0.324 e. The lowest BCUT2D eigenvalue weighted by molar-refractivity contribution is 0.122. The van der Waals surface area contributed by atoms with Crippen LogP contribution in [0.3, 0.4) is 0 Å². The molecule has 168 valence electrons. The number of nitrogens with one attached hydrogen (secondary N) is 2. The number of carbonyl (C=O) groups excluding carboxylic acids is 1. The molecule has 1 aliphatic rings. The lowest BCUT2D eigenvalue weighted by Crippen LogP contribution is -2.37. The number of sulfone groups is 1. The van der Waals surface area contributed by atoms with Crippen LogP contribution in [0.5, 0.6) is 0 Å². The van der Waals surface area contributed by atoms with Gasteiger partial charge >= 0.3 is 6.03 Å². The molecule has 2 N–H and O–H groups in total. The number of urea groups is 1. The van der Waals surface area contributed by atoms with Crippen molar-refractivity contribution in [1.82, 2.24) is 9.97 Å². The Labute approximate surface area is 190 Å². The summed E-state index contributed by atoms with van der Waals surface area (Å²) < 4.78 is 29.1. The van der Waals surface area contributed by atoms with E-state index in [1.807, 2.05) is 17.5 Å². The van der Waals surface area contributed by atoms with Gasteiger partial charge in [0.1, 0.15) is 5.82 Å². The topological polar surface area (TPSA) is 114 Å². The molecule has 1 aromatic carbocycles. The van der Waals surface area contributed by atoms with Crippen LogP contribution in [0.25, 0.3) is 11.4 Å². The van der Waals surface area contributed by atoms with Crippen LogP contribution in [-0.4, -0.2) is 57.0 Å². The summed E-state index contributed by atoms with van der Waals surface area (Å²) in [7, 11) is -3.25. The Kier molecular flexibility index (Phi) is 6.68. The minimum atomic E-state index is -3.25. The smallest absolute Gasteiger partial charge is 0.324 e. The Hall–Kier alpha value is -3.02. The van der Waals surface area contributed by atoms with Gasteiger partial charge in [0.15, 0.2) is 15.7 Å². The summed E-state index contributed by atoms with van der Waals surface area (Å²) in [6.45, 7) is 2.54. The number of hydrogen-bond donors (Lipinski definition) is 2. The van der Waals surface area contributed by atoms with Gasteiger partial charge in [0.2, 0.25) is 0 Å². The van der Waals surface area contributed by atoms with E-state index in [1.165, 1.54) is 17.6 Å². The van der Waals surface area contributed by atoms with E-state index in [0.29, 0.717) is 49.3 Å². The van der Waals surface area contributed by atoms with Crippen LogP contribution in [-0.2, 0) is 20.3 Å². The molecule has 2 aromatic heterocycles. The van der Waals surface area contributed by atoms with Crippen molar-refractivity contribution in [1.29, 1.82) is 0 Å². The monoisotopic (exact) mass is 473 g/mol. The molecule has 0 spiro atoms. The maximum absolute atomic E-state index is 12.1. The summed E-state index contributed by atoms with van der Waals surface area (Å²) in [4.78, 5) is 23.3. The van der Waals surface area contributed by atoms with Crippen molar-refractivity contribution in [3.8, 4) is 11.4 Å². The fourth-order valence-electron chi connectivity index (χ4n) is 3.24. The molecule has 3 aromatic rings. The number of benzene rings is 1. The molecule has 11 heteroatoms. The quantitative estimate of drug-likeness (QED) is 0.565. The van der Waals surface area contributed by atoms with E-state index in [9.17, 15) is 13.2 Å². The minimum absolute atomic E-state index is 0.164. The summed E-state index contributed by atoms with van der Waals surface area (Å²) in [6.07, 6.45) is 1.19. The van der Waals surface area contributed by atoms with Crippen LogP contribution in [0.4, 0.5) is 21.3 Å². The zero-order valence-corrected chi connectivity index (χ0v) is 19.1. The van der Waals surface area contributed by atoms with E-state index in [1.54, 1.807) is 30.3 Å². The first-order chi connectivity index (χ1) is 15.4. The second-order valence-electron chi connectivity index (χ2n) is 7.34. The third-order valence-electron chi connectivity index (χ3n) is 4.67. The molecule has 1 saturated heterocycles. The number of carbonyl (C=O) groups is 1. The van der Waals surface area contributed by atoms with Crippen molar-refractivity contribution in [2.75, 3.05) is 48.1 Å². The van der Waals surface area contributed by atoms with Crippen LogP contribution in [0, 0.1) is 0 Å². The largest absolute Gasteiger partial charge is 0.378 e. The number of amides is 2. The molecular formula is C21H23N5O4S2. The van der Waals surface area contributed by atoms with Crippen LogP contribution in [0.2, 0.25) is 0 Å². The van der Waals surface area contributed by atoms with Crippen LogP contribution in [0.1, 0.15) is 5.69 Å². The first-order valence-electron chi connectivity index (χ1n) is 9.96. The summed E-state index contributed by atoms with van der Waals surface area (Å²) in [6, 6.07) is 12.2. The number of rotatable bonds is 6. The van der Waals surface area contributed by atoms with Gasteiger partial charge in [0.25, 0.3) is 0 Å². The number of thiophene rings is 1. The summed E-state index contributed by atoms with van der Waals surface area (Å²) in [5.41, 5.74) is 1.78. The molecule has 0 bridgehead atoms. The van der Waals surface area contributed by atoms with Gasteiger partial charge < -0.3 is 15.0 Å². The standard InChI is InChI=1S/C21H23N5O4S2/c1-32(28,29)14-17-13-18(26-8-10-30-11-9-26)24-20(22-17)15-4-6-16(7-5-15)23-21(27)25-19-3-2-12-31-19/h2-7,12-13H,8-11,14H2,1H3,(H2,23,25,27). The fourth-order valence-corrected chi connectivity index (χ4v) is 4.53. The summed E-state index contributed by atoms with van der Waals surface area (Å²) >= 11 is 1.44. The fraction of sp³-hybridized carbons (Fsp3) is 0.286. The summed E-state index contributed by atoms with van der Waals surface area (Å²) in [5, 5.41) is 8.18. The molecule has 1 aliphatic heterocycles. The Morgan fingerprint density at radius 2 is 1.88 bits per heavy atom. The first kappa shape index (κ1) is 22.2. The molecule has 9 nitrogen and oxygen atoms in total. The number of ether oxygens (including phenoxy) is 1. The highest BCUT2D eigenvalue weighted by Crippen LogP contribution is 2.24. The molecule has 3 heterocycles. The van der Waals surface area contributed by atoms with E-state index >= 15 is 0 Å². The van der Waals surface area contributed by atoms with Crippen molar-refractivity contribution in [3.05, 3.63) is 53.5 Å². The average molecular weight is 474 g/mol. The number of anilines is 3. The van der Waals surface area contributed by atoms with Gasteiger partial charge in [-0.25, -0.2) is 23.2 Å². The molecule has 32 heavy (non-hydrogen) atoms. The van der Waals surface area contributed by atoms with Crippen LogP contribution >= 0.6 is 11.3 Å². The van der Waals surface area contributed by atoms with E-state index in [-0.39, 0.29) is 11.8 Å². The molecule has 0 saturated carbocycles. The zero-order chi connectivity index (χ0) is 22.6. The van der Waals surface area contributed by atoms with Gasteiger partial charge in [-0.15, -0.1) is 11.3 Å². The number of hydrogen-bond acceptors (Lipinski definition) is 8. The minimum Gasteiger partial charge on any atom is -0.378 e. The molecule has 0 aliphatic carbocycles. The van der Waals surface area contributed by atoms with E-state index in [2.05, 4.69) is 25.5 Å². The van der Waals surface area contributed by atoms with E-state index < -0.39 is 9.84 Å². The van der Waals surface area contributed by atoms with Gasteiger partial charge in [-0.1, -0.05) is 0 Å². The van der Waals surface area contributed by atoms with Gasteiger partial charge in [0.05, 0.1) is 29.7 Å². The Morgan fingerprint density at radius 1 is 1.12 bits per heavy atom. The number of morpholine rings is 1. The Balaban J connectivity index is 1.55. The lowest BCUT2D eigenvalue weighted by Gasteiger charge is -2.28. The van der Waals surface area contributed by atoms with Crippen molar-refractivity contribution >= 4 is 43.7 Å². The highest BCUT2D eigenvalue weighted by atomic mass is 32.2. The predicted octanol–water partition coefficient (Wildman–Crippen LogP) is 3.23. The van der Waals surface area contributed by atoms with Crippen molar-refractivity contribution < 1.29 is 17.9 Å². The maximum atomic E-state index is 12.1. The van der Waals surface area contributed by atoms with E-state index in [4.69, 9.17) is 4.74 Å². The Bertz CT molecular complexity index is 1180. The lowest BCUT2D eigenvalue weighted by atomic mass is 10.2. The zero-order valence-electron chi connectivity index (χ0n) is 17.4. The first-order valence-corrected chi connectivity index (χ1v) is 12.9. The van der Waals surface area contributed by atoms with E-state index in [0.717, 1.165) is 10.6 Å². The average Bonchev–Trinajstić information content (AvgIpc) is 3.26.